The van der Waals surface area contributed by atoms with E-state index in [9.17, 15) is 5.26 Å². The summed E-state index contributed by atoms with van der Waals surface area (Å²) in [4.78, 5) is 4.43. The second-order valence-corrected chi connectivity index (χ2v) is 6.13. The van der Waals surface area contributed by atoms with Gasteiger partial charge < -0.3 is 0 Å². The number of aliphatic imine (C=N–C) groups is 1. The molecule has 19 heavy (non-hydrogen) atoms. The van der Waals surface area contributed by atoms with Crippen molar-refractivity contribution < 1.29 is 0 Å². The highest BCUT2D eigenvalue weighted by Gasteiger charge is 2.50. The molecule has 0 saturated carbocycles. The van der Waals surface area contributed by atoms with Crippen molar-refractivity contribution in [3.05, 3.63) is 68.6 Å². The van der Waals surface area contributed by atoms with E-state index in [1.807, 2.05) is 48.5 Å². The van der Waals surface area contributed by atoms with Gasteiger partial charge in [0.1, 0.15) is 6.07 Å². The van der Waals surface area contributed by atoms with Crippen molar-refractivity contribution in [2.75, 3.05) is 0 Å². The molecule has 0 radical (unpaired) electrons. The van der Waals surface area contributed by atoms with E-state index in [0.29, 0.717) is 0 Å². The van der Waals surface area contributed by atoms with Crippen LogP contribution in [0.1, 0.15) is 11.1 Å². The molecule has 0 bridgehead atoms. The van der Waals surface area contributed by atoms with Crippen molar-refractivity contribution >= 4 is 37.6 Å². The third-order valence-electron chi connectivity index (χ3n) is 3.11. The maximum absolute atomic E-state index is 9.48. The zero-order valence-corrected chi connectivity index (χ0v) is 12.9. The maximum Gasteiger partial charge on any atom is 0.214 e. The van der Waals surface area contributed by atoms with E-state index in [0.717, 1.165) is 25.8 Å². The first-order valence-corrected chi connectivity index (χ1v) is 7.28. The maximum atomic E-state index is 9.48. The molecular formula is C15H8Br2N2. The number of nitriles is 1. The highest BCUT2D eigenvalue weighted by Crippen LogP contribution is 2.42. The highest BCUT2D eigenvalue weighted by atomic mass is 79.9. The lowest BCUT2D eigenvalue weighted by Gasteiger charge is -2.07. The molecule has 2 aromatic carbocycles. The normalized spacial score (nSPS) is 20.6. The van der Waals surface area contributed by atoms with Crippen LogP contribution >= 0.6 is 31.9 Å². The van der Waals surface area contributed by atoms with Crippen LogP contribution < -0.4 is 0 Å². The molecule has 2 aromatic rings. The number of halogens is 2. The molecule has 0 unspecified atom stereocenters. The van der Waals surface area contributed by atoms with Gasteiger partial charge in [-0.05, 0) is 35.4 Å². The summed E-state index contributed by atoms with van der Waals surface area (Å²) in [5.41, 5.74) is 1.95. The van der Waals surface area contributed by atoms with Gasteiger partial charge in [0.05, 0.1) is 5.71 Å². The minimum absolute atomic E-state index is 0.797. The summed E-state index contributed by atoms with van der Waals surface area (Å²) in [7, 11) is 0. The Bertz CT molecular complexity index is 696. The quantitative estimate of drug-likeness (QED) is 0.764. The molecule has 0 aliphatic carbocycles. The minimum Gasteiger partial charge on any atom is -0.252 e. The number of nitrogens with zero attached hydrogens (tertiary/aromatic N) is 2. The lowest BCUT2D eigenvalue weighted by atomic mass is 9.92. The zero-order chi connectivity index (χ0) is 13.5. The van der Waals surface area contributed by atoms with Gasteiger partial charge >= 0.3 is 0 Å². The fraction of sp³-hybridized carbons (Fsp3) is 0.0667. The summed E-state index contributed by atoms with van der Waals surface area (Å²) in [5.74, 6) is 0. The average Bonchev–Trinajstić information content (AvgIpc) is 3.16. The SMILES string of the molecule is N#C[C@@]1(c2ccc(Br)cc2)N=C1c1ccc(Br)cc1. The van der Waals surface area contributed by atoms with Gasteiger partial charge in [-0.1, -0.05) is 56.1 Å². The summed E-state index contributed by atoms with van der Waals surface area (Å²) in [5, 5.41) is 9.48. The van der Waals surface area contributed by atoms with Gasteiger partial charge in [-0.2, -0.15) is 5.26 Å². The van der Waals surface area contributed by atoms with Crippen molar-refractivity contribution in [3.63, 3.8) is 0 Å². The number of hydrogen-bond acceptors (Lipinski definition) is 2. The third kappa shape index (κ3) is 2.13. The summed E-state index contributed by atoms with van der Waals surface area (Å²) in [6.45, 7) is 0. The Morgan fingerprint density at radius 2 is 1.42 bits per heavy atom. The summed E-state index contributed by atoms with van der Waals surface area (Å²) < 4.78 is 2.01. The Labute approximate surface area is 128 Å². The molecule has 0 saturated heterocycles. The van der Waals surface area contributed by atoms with Crippen LogP contribution in [0.15, 0.2) is 62.5 Å². The second kappa shape index (κ2) is 4.59. The molecule has 92 valence electrons. The van der Waals surface area contributed by atoms with E-state index in [2.05, 4.69) is 42.9 Å². The Kier molecular flexibility index (Phi) is 3.04. The predicted octanol–water partition coefficient (Wildman–Crippen LogP) is 4.43. The van der Waals surface area contributed by atoms with Crippen LogP contribution in [0.25, 0.3) is 0 Å². The lowest BCUT2D eigenvalue weighted by Crippen LogP contribution is -2.14. The van der Waals surface area contributed by atoms with Crippen molar-refractivity contribution in [1.82, 2.24) is 0 Å². The van der Waals surface area contributed by atoms with Crippen molar-refractivity contribution in [1.29, 1.82) is 5.26 Å². The van der Waals surface area contributed by atoms with Crippen LogP contribution in [0.2, 0.25) is 0 Å². The lowest BCUT2D eigenvalue weighted by molar-refractivity contribution is 0.921. The van der Waals surface area contributed by atoms with Crippen molar-refractivity contribution in [3.8, 4) is 6.07 Å². The number of rotatable bonds is 2. The fourth-order valence-corrected chi connectivity index (χ4v) is 2.58. The van der Waals surface area contributed by atoms with Crippen LogP contribution in [-0.4, -0.2) is 5.71 Å². The molecular weight excluding hydrogens is 368 g/mol. The van der Waals surface area contributed by atoms with Crippen molar-refractivity contribution in [2.24, 2.45) is 4.99 Å². The van der Waals surface area contributed by atoms with E-state index < -0.39 is 5.54 Å². The van der Waals surface area contributed by atoms with Gasteiger partial charge in [-0.15, -0.1) is 0 Å². The molecule has 0 fully saturated rings. The van der Waals surface area contributed by atoms with Crippen LogP contribution in [0.4, 0.5) is 0 Å². The van der Waals surface area contributed by atoms with E-state index in [4.69, 9.17) is 0 Å². The van der Waals surface area contributed by atoms with E-state index >= 15 is 0 Å². The Balaban J connectivity index is 1.96. The average molecular weight is 376 g/mol. The molecule has 0 amide bonds. The van der Waals surface area contributed by atoms with E-state index in [-0.39, 0.29) is 0 Å². The summed E-state index contributed by atoms with van der Waals surface area (Å²) in [6, 6.07) is 17.9. The van der Waals surface area contributed by atoms with Gasteiger partial charge in [0, 0.05) is 8.95 Å². The first-order valence-electron chi connectivity index (χ1n) is 5.69. The molecule has 3 rings (SSSR count). The monoisotopic (exact) mass is 374 g/mol. The smallest absolute Gasteiger partial charge is 0.214 e. The van der Waals surface area contributed by atoms with Crippen molar-refractivity contribution in [2.45, 2.75) is 5.54 Å². The molecule has 0 spiro atoms. The zero-order valence-electron chi connectivity index (χ0n) is 9.77. The Morgan fingerprint density at radius 3 is 1.95 bits per heavy atom. The van der Waals surface area contributed by atoms with E-state index in [1.165, 1.54) is 0 Å². The molecule has 1 aliphatic rings. The Morgan fingerprint density at radius 1 is 0.895 bits per heavy atom. The second-order valence-electron chi connectivity index (χ2n) is 4.30. The van der Waals surface area contributed by atoms with Gasteiger partial charge in [0.25, 0.3) is 0 Å². The van der Waals surface area contributed by atoms with Crippen LogP contribution in [-0.2, 0) is 5.54 Å². The summed E-state index contributed by atoms with van der Waals surface area (Å²) >= 11 is 6.80. The van der Waals surface area contributed by atoms with Crippen LogP contribution in [0.5, 0.6) is 0 Å². The van der Waals surface area contributed by atoms with Gasteiger partial charge in [0.2, 0.25) is 5.54 Å². The number of benzene rings is 2. The molecule has 4 heteroatoms. The van der Waals surface area contributed by atoms with Crippen LogP contribution in [0.3, 0.4) is 0 Å². The predicted molar refractivity (Wildman–Crippen MR) is 82.1 cm³/mol. The molecule has 2 nitrogen and oxygen atoms in total. The first kappa shape index (κ1) is 12.6. The first-order chi connectivity index (χ1) is 9.15. The fourth-order valence-electron chi connectivity index (χ4n) is 2.06. The third-order valence-corrected chi connectivity index (χ3v) is 4.17. The largest absolute Gasteiger partial charge is 0.252 e. The molecule has 0 N–H and O–H groups in total. The van der Waals surface area contributed by atoms with Crippen LogP contribution in [0, 0.1) is 11.3 Å². The molecule has 1 heterocycles. The van der Waals surface area contributed by atoms with Gasteiger partial charge in [0.15, 0.2) is 0 Å². The van der Waals surface area contributed by atoms with Gasteiger partial charge in [-0.3, -0.25) is 4.99 Å². The highest BCUT2D eigenvalue weighted by molar-refractivity contribution is 9.10. The standard InChI is InChI=1S/C15H8Br2N2/c16-12-5-1-10(2-6-12)14-15(9-18,19-14)11-3-7-13(17)8-4-11/h1-8H/t15-/m0/s1. The van der Waals surface area contributed by atoms with Gasteiger partial charge in [-0.25, -0.2) is 0 Å². The number of hydrogen-bond donors (Lipinski definition) is 0. The summed E-state index contributed by atoms with van der Waals surface area (Å²) in [6.07, 6.45) is 0. The minimum atomic E-state index is -0.797. The molecule has 0 aromatic heterocycles. The van der Waals surface area contributed by atoms with E-state index in [1.54, 1.807) is 0 Å². The topological polar surface area (TPSA) is 36.1 Å². The Hall–Kier alpha value is -1.44. The molecule has 1 aliphatic heterocycles. The molecule has 1 atom stereocenters.